The molecule has 0 spiro atoms. The molecule has 0 bridgehead atoms. The van der Waals surface area contributed by atoms with Gasteiger partial charge in [-0.05, 0) is 17.7 Å². The highest BCUT2D eigenvalue weighted by Crippen LogP contribution is 2.41. The molecule has 16 nitrogen and oxygen atoms in total. The fraction of sp³-hybridized carbons (Fsp3) is 0.222. The van der Waals surface area contributed by atoms with Crippen LogP contribution in [0.2, 0.25) is 0 Å². The molecule has 3 atom stereocenters. The number of carbonyl (C=O) groups excluding carboxylic acids is 2. The molecular weight excluding hydrogens is 663 g/mol. The van der Waals surface area contributed by atoms with Crippen molar-refractivity contribution in [3.63, 3.8) is 0 Å². The number of oxime groups is 1. The molecule has 1 unspecified atom stereocenters. The number of rotatable bonds is 12. The first-order chi connectivity index (χ1) is 22.0. The summed E-state index contributed by atoms with van der Waals surface area (Å²) in [4.78, 5) is 62.2. The summed E-state index contributed by atoms with van der Waals surface area (Å²) in [7, 11) is 1.77. The van der Waals surface area contributed by atoms with E-state index in [0.717, 1.165) is 33.3 Å². The second kappa shape index (κ2) is 13.5. The van der Waals surface area contributed by atoms with Crippen molar-refractivity contribution in [2.75, 3.05) is 29.7 Å². The number of aromatic nitrogens is 2. The quantitative estimate of drug-likeness (QED) is 0.0346. The van der Waals surface area contributed by atoms with Gasteiger partial charge < -0.3 is 36.3 Å². The summed E-state index contributed by atoms with van der Waals surface area (Å²) in [6, 6.07) is 5.82. The van der Waals surface area contributed by atoms with E-state index in [2.05, 4.69) is 20.9 Å². The molecule has 240 valence electrons. The predicted octanol–water partition coefficient (Wildman–Crippen LogP) is 0.675. The predicted molar refractivity (Wildman–Crippen MR) is 167 cm³/mol. The van der Waals surface area contributed by atoms with E-state index in [9.17, 15) is 39.6 Å². The maximum absolute atomic E-state index is 13.4. The van der Waals surface area contributed by atoms with Gasteiger partial charge in [-0.3, -0.25) is 14.5 Å². The number of carbonyl (C=O) groups is 4. The largest absolute Gasteiger partial charge is 0.504 e. The number of amides is 2. The summed E-state index contributed by atoms with van der Waals surface area (Å²) in [5, 5.41) is 46.1. The molecule has 0 radical (unpaired) electrons. The number of benzene rings is 1. The Hall–Kier alpha value is -5.01. The lowest BCUT2D eigenvalue weighted by atomic mass is 10.0. The molecule has 8 N–H and O–H groups in total. The van der Waals surface area contributed by atoms with Crippen LogP contribution in [-0.2, 0) is 24.0 Å². The molecule has 4 heterocycles. The molecule has 19 heteroatoms. The molecule has 3 aromatic rings. The number of anilines is 1. The van der Waals surface area contributed by atoms with Crippen LogP contribution < -0.4 is 21.2 Å². The van der Waals surface area contributed by atoms with E-state index >= 15 is 0 Å². The number of hydrogen-bond donors (Lipinski definition) is 7. The second-order valence-corrected chi connectivity index (χ2v) is 12.7. The van der Waals surface area contributed by atoms with Crippen LogP contribution in [0.25, 0.3) is 0 Å². The number of phenolic OH excluding ortho intramolecular Hbond substituents is 2. The summed E-state index contributed by atoms with van der Waals surface area (Å²) < 4.78 is 1.75. The van der Waals surface area contributed by atoms with Crippen molar-refractivity contribution in [2.24, 2.45) is 5.16 Å². The fourth-order valence-corrected chi connectivity index (χ4v) is 7.41. The monoisotopic (exact) mass is 688 g/mol. The van der Waals surface area contributed by atoms with E-state index in [-0.39, 0.29) is 22.1 Å². The zero-order valence-electron chi connectivity index (χ0n) is 23.7. The van der Waals surface area contributed by atoms with Crippen LogP contribution in [0, 0.1) is 0 Å². The van der Waals surface area contributed by atoms with Crippen molar-refractivity contribution < 1.29 is 49.1 Å². The van der Waals surface area contributed by atoms with Gasteiger partial charge in [0.25, 0.3) is 11.8 Å². The Kier molecular flexibility index (Phi) is 9.54. The number of aliphatic carboxylic acids is 2. The Balaban J connectivity index is 1.34. The first kappa shape index (κ1) is 32.4. The molecule has 2 aliphatic rings. The van der Waals surface area contributed by atoms with Gasteiger partial charge in [0.05, 0.1) is 7.05 Å². The average Bonchev–Trinajstić information content (AvgIpc) is 3.47. The minimum absolute atomic E-state index is 0.0656. The van der Waals surface area contributed by atoms with Crippen molar-refractivity contribution in [1.29, 1.82) is 0 Å². The molecule has 1 aromatic carbocycles. The number of carboxylic acid groups (broad SMARTS) is 2. The van der Waals surface area contributed by atoms with E-state index in [0.29, 0.717) is 17.1 Å². The van der Waals surface area contributed by atoms with Gasteiger partial charge in [-0.1, -0.05) is 15.9 Å². The number of phenols is 2. The SMILES string of the molecule is CN[n+]1ccc(SCC2=C(C(=O)O)N3C(=O)[C@@H](NC(=O)C(=NOC(C(=O)O)c4ccc(O)c(O)c4)c4csc(N)n4)[C@H]3SC2)cc1. The number of nitrogens with one attached hydrogen (secondary N) is 2. The van der Waals surface area contributed by atoms with Gasteiger partial charge in [0.15, 0.2) is 22.3 Å². The van der Waals surface area contributed by atoms with Gasteiger partial charge in [0.2, 0.25) is 18.5 Å². The van der Waals surface area contributed by atoms with E-state index in [4.69, 9.17) is 10.6 Å². The number of pyridine rings is 1. The molecule has 2 amide bonds. The highest BCUT2D eigenvalue weighted by Gasteiger charge is 2.54. The van der Waals surface area contributed by atoms with Gasteiger partial charge in [-0.15, -0.1) is 34.9 Å². The molecule has 1 fully saturated rings. The Bertz CT molecular complexity index is 1760. The third-order valence-electron chi connectivity index (χ3n) is 6.76. The average molecular weight is 689 g/mol. The molecule has 1 saturated heterocycles. The minimum Gasteiger partial charge on any atom is -0.504 e. The van der Waals surface area contributed by atoms with Crippen molar-refractivity contribution in [3.8, 4) is 11.5 Å². The third-order valence-corrected chi connectivity index (χ3v) is 9.87. The number of thiazole rings is 1. The summed E-state index contributed by atoms with van der Waals surface area (Å²) in [5.74, 6) is -4.86. The van der Waals surface area contributed by atoms with Gasteiger partial charge in [0.1, 0.15) is 22.8 Å². The number of fused-ring (bicyclic) bond motifs is 1. The van der Waals surface area contributed by atoms with Crippen LogP contribution in [-0.4, -0.2) is 89.7 Å². The number of β-lactam (4-membered cyclic amide) rings is 1. The van der Waals surface area contributed by atoms with Crippen LogP contribution in [0.1, 0.15) is 17.4 Å². The van der Waals surface area contributed by atoms with E-state index in [1.54, 1.807) is 11.7 Å². The minimum atomic E-state index is -1.81. The van der Waals surface area contributed by atoms with Crippen LogP contribution in [0.5, 0.6) is 11.5 Å². The maximum Gasteiger partial charge on any atom is 0.352 e. The summed E-state index contributed by atoms with van der Waals surface area (Å²) in [5.41, 5.74) is 8.43. The Morgan fingerprint density at radius 2 is 1.96 bits per heavy atom. The van der Waals surface area contributed by atoms with E-state index < -0.39 is 58.5 Å². The van der Waals surface area contributed by atoms with Crippen LogP contribution >= 0.6 is 34.9 Å². The van der Waals surface area contributed by atoms with Gasteiger partial charge in [-0.2, -0.15) is 5.43 Å². The van der Waals surface area contributed by atoms with Crippen molar-refractivity contribution >= 4 is 69.5 Å². The Morgan fingerprint density at radius 1 is 1.22 bits per heavy atom. The number of aromatic hydroxyl groups is 2. The fourth-order valence-electron chi connectivity index (χ4n) is 4.49. The highest BCUT2D eigenvalue weighted by molar-refractivity contribution is 8.01. The molecule has 5 rings (SSSR count). The van der Waals surface area contributed by atoms with E-state index in [1.807, 2.05) is 24.5 Å². The van der Waals surface area contributed by atoms with Gasteiger partial charge in [-0.25, -0.2) is 14.6 Å². The molecule has 0 saturated carbocycles. The van der Waals surface area contributed by atoms with Gasteiger partial charge in [0, 0.05) is 39.5 Å². The second-order valence-electron chi connectivity index (χ2n) is 9.65. The normalized spacial score (nSPS) is 18.3. The standard InChI is InChI=1S/C27H25N7O9S3/c1-29-33-6-4-14(5-7-33)44-9-13-10-45-24-19(23(38)34(24)20(13)25(39)40)31-22(37)18(15-11-46-27(28)30-15)32-43-21(26(41)42)12-2-3-16(35)17(36)8-12/h2-8,11,19,21,24,29H,9-10H2,1H3,(H6-,28,30,31,32,35,36,37,39,40,41,42)/p+1/t19-,21?,24-/m1/s1. The Morgan fingerprint density at radius 3 is 2.57 bits per heavy atom. The number of carboxylic acids is 2. The van der Waals surface area contributed by atoms with E-state index in [1.165, 1.54) is 35.0 Å². The highest BCUT2D eigenvalue weighted by atomic mass is 32.2. The first-order valence-electron chi connectivity index (χ1n) is 13.2. The summed E-state index contributed by atoms with van der Waals surface area (Å²) in [6.07, 6.45) is 1.82. The summed E-state index contributed by atoms with van der Waals surface area (Å²) >= 11 is 3.68. The number of thioether (sulfide) groups is 2. The zero-order chi connectivity index (χ0) is 33.1. The first-order valence-corrected chi connectivity index (χ1v) is 16.1. The topological polar surface area (TPSA) is 241 Å². The molecule has 2 aromatic heterocycles. The lowest BCUT2D eigenvalue weighted by molar-refractivity contribution is -0.647. The molecule has 2 aliphatic heterocycles. The number of nitrogens with zero attached hydrogens (tertiary/aromatic N) is 4. The third kappa shape index (κ3) is 6.65. The summed E-state index contributed by atoms with van der Waals surface area (Å²) in [6.45, 7) is 0. The van der Waals surface area contributed by atoms with Gasteiger partial charge >= 0.3 is 11.9 Å². The van der Waals surface area contributed by atoms with Crippen LogP contribution in [0.4, 0.5) is 5.13 Å². The lowest BCUT2D eigenvalue weighted by Gasteiger charge is -2.49. The van der Waals surface area contributed by atoms with Crippen LogP contribution in [0.3, 0.4) is 0 Å². The number of nitrogen functional groups attached to an aromatic ring is 1. The van der Waals surface area contributed by atoms with Crippen molar-refractivity contribution in [1.82, 2.24) is 15.2 Å². The molecular formula is C27H26N7O9S3+. The van der Waals surface area contributed by atoms with Crippen molar-refractivity contribution in [2.45, 2.75) is 22.4 Å². The number of nitrogens with two attached hydrogens (primary N) is 1. The lowest BCUT2D eigenvalue weighted by Crippen LogP contribution is -2.71. The smallest absolute Gasteiger partial charge is 0.352 e. The van der Waals surface area contributed by atoms with Crippen LogP contribution in [0.15, 0.2) is 69.4 Å². The zero-order valence-corrected chi connectivity index (χ0v) is 26.1. The maximum atomic E-state index is 13.4. The molecule has 46 heavy (non-hydrogen) atoms. The Labute approximate surface area is 272 Å². The van der Waals surface area contributed by atoms with Crippen molar-refractivity contribution in [3.05, 3.63) is 70.6 Å². The molecule has 0 aliphatic carbocycles. The number of hydrogen-bond acceptors (Lipinski definition) is 14.